The van der Waals surface area contributed by atoms with Crippen molar-refractivity contribution in [2.45, 2.75) is 31.7 Å². The molecule has 4 unspecified atom stereocenters. The Bertz CT molecular complexity index is 392. The van der Waals surface area contributed by atoms with E-state index in [1.807, 2.05) is 0 Å². The predicted molar refractivity (Wildman–Crippen MR) is 86.7 cm³/mol. The third-order valence-corrected chi connectivity index (χ3v) is 4.87. The van der Waals surface area contributed by atoms with Crippen LogP contribution in [-0.4, -0.2) is 56.6 Å². The summed E-state index contributed by atoms with van der Waals surface area (Å²) in [6.07, 6.45) is 4.11. The second-order valence-electron chi connectivity index (χ2n) is 6.33. The highest BCUT2D eigenvalue weighted by Crippen LogP contribution is 2.48. The maximum atomic E-state index is 12.5. The van der Waals surface area contributed by atoms with Gasteiger partial charge in [-0.1, -0.05) is 0 Å². The molecule has 0 radical (unpaired) electrons. The van der Waals surface area contributed by atoms with Gasteiger partial charge in [0.15, 0.2) is 0 Å². The first kappa shape index (κ1) is 19.2. The molecule has 22 heavy (non-hydrogen) atoms. The van der Waals surface area contributed by atoms with Crippen molar-refractivity contribution in [3.8, 4) is 0 Å². The molecule has 6 nitrogen and oxygen atoms in total. The van der Waals surface area contributed by atoms with E-state index in [0.29, 0.717) is 25.0 Å². The highest BCUT2D eigenvalue weighted by Gasteiger charge is 2.49. The number of nitrogens with one attached hydrogen (secondary N) is 1. The lowest BCUT2D eigenvalue weighted by atomic mass is 9.84. The molecule has 0 aromatic rings. The fraction of sp³-hybridized carbons (Fsp3) is 0.867. The average Bonchev–Trinajstić information content (AvgIpc) is 3.03. The summed E-state index contributed by atoms with van der Waals surface area (Å²) in [6, 6.07) is -0.0246. The molecule has 0 aromatic carbocycles. The van der Waals surface area contributed by atoms with Gasteiger partial charge in [0.2, 0.25) is 11.8 Å². The fourth-order valence-electron chi connectivity index (χ4n) is 3.75. The van der Waals surface area contributed by atoms with Crippen molar-refractivity contribution in [2.75, 3.05) is 33.9 Å². The topological polar surface area (TPSA) is 84.7 Å². The highest BCUT2D eigenvalue weighted by molar-refractivity contribution is 5.86. The van der Waals surface area contributed by atoms with Crippen molar-refractivity contribution in [2.24, 2.45) is 23.5 Å². The number of ether oxygens (including phenoxy) is 1. The largest absolute Gasteiger partial charge is 0.385 e. The lowest BCUT2D eigenvalue weighted by Gasteiger charge is -2.30. The molecular weight excluding hydrogens is 306 g/mol. The van der Waals surface area contributed by atoms with Crippen LogP contribution in [-0.2, 0) is 14.3 Å². The number of carbonyl (C=O) groups is 2. The van der Waals surface area contributed by atoms with Crippen LogP contribution in [0.15, 0.2) is 0 Å². The maximum absolute atomic E-state index is 12.5. The van der Waals surface area contributed by atoms with Crippen LogP contribution >= 0.6 is 12.4 Å². The molecule has 128 valence electrons. The highest BCUT2D eigenvalue weighted by atomic mass is 35.5. The van der Waals surface area contributed by atoms with Gasteiger partial charge in [0.25, 0.3) is 0 Å². The Morgan fingerprint density at radius 2 is 2.00 bits per heavy atom. The minimum atomic E-state index is -0.126. The van der Waals surface area contributed by atoms with Gasteiger partial charge in [0.05, 0.1) is 12.5 Å². The van der Waals surface area contributed by atoms with Gasteiger partial charge in [0, 0.05) is 33.4 Å². The summed E-state index contributed by atoms with van der Waals surface area (Å²) in [5, 5.41) is 2.79. The number of nitrogens with two attached hydrogens (primary N) is 1. The first-order valence-electron chi connectivity index (χ1n) is 7.80. The third kappa shape index (κ3) is 4.33. The number of amides is 2. The van der Waals surface area contributed by atoms with E-state index < -0.39 is 0 Å². The SMILES string of the molecule is COCCCNC(=O)CN(C)C(=O)C1C2CCC(C2)C1N.Cl. The summed E-state index contributed by atoms with van der Waals surface area (Å²) in [4.78, 5) is 25.8. The molecule has 0 heterocycles. The summed E-state index contributed by atoms with van der Waals surface area (Å²) < 4.78 is 4.92. The third-order valence-electron chi connectivity index (χ3n) is 4.87. The van der Waals surface area contributed by atoms with E-state index in [9.17, 15) is 9.59 Å². The number of likely N-dealkylation sites (N-methyl/N-ethyl adjacent to an activating group) is 1. The smallest absolute Gasteiger partial charge is 0.239 e. The van der Waals surface area contributed by atoms with Crippen LogP contribution < -0.4 is 11.1 Å². The zero-order valence-corrected chi connectivity index (χ0v) is 14.2. The second kappa shape index (κ2) is 8.70. The molecule has 3 N–H and O–H groups in total. The Balaban J connectivity index is 0.00000242. The minimum Gasteiger partial charge on any atom is -0.385 e. The van der Waals surface area contributed by atoms with Crippen LogP contribution in [0.1, 0.15) is 25.7 Å². The van der Waals surface area contributed by atoms with Crippen LogP contribution in [0.3, 0.4) is 0 Å². The van der Waals surface area contributed by atoms with E-state index in [4.69, 9.17) is 10.5 Å². The van der Waals surface area contributed by atoms with Crippen molar-refractivity contribution in [3.63, 3.8) is 0 Å². The van der Waals surface area contributed by atoms with Crippen molar-refractivity contribution >= 4 is 24.2 Å². The van der Waals surface area contributed by atoms with Gasteiger partial charge in [-0.25, -0.2) is 0 Å². The first-order valence-corrected chi connectivity index (χ1v) is 7.80. The van der Waals surface area contributed by atoms with E-state index in [1.165, 1.54) is 4.90 Å². The zero-order chi connectivity index (χ0) is 15.4. The summed E-state index contributed by atoms with van der Waals surface area (Å²) >= 11 is 0. The number of hydrogen-bond acceptors (Lipinski definition) is 4. The van der Waals surface area contributed by atoms with Gasteiger partial charge >= 0.3 is 0 Å². The Morgan fingerprint density at radius 3 is 2.59 bits per heavy atom. The molecule has 2 aliphatic rings. The lowest BCUT2D eigenvalue weighted by Crippen LogP contribution is -2.48. The van der Waals surface area contributed by atoms with Gasteiger partial charge < -0.3 is 20.7 Å². The molecule has 4 atom stereocenters. The van der Waals surface area contributed by atoms with Gasteiger partial charge in [0.1, 0.15) is 0 Å². The van der Waals surface area contributed by atoms with E-state index in [1.54, 1.807) is 14.2 Å². The molecule has 2 fully saturated rings. The molecule has 2 aliphatic carbocycles. The van der Waals surface area contributed by atoms with Gasteiger partial charge in [-0.2, -0.15) is 0 Å². The van der Waals surface area contributed by atoms with Crippen LogP contribution in [0.2, 0.25) is 0 Å². The summed E-state index contributed by atoms with van der Waals surface area (Å²) in [6.45, 7) is 1.30. The van der Waals surface area contributed by atoms with Crippen LogP contribution in [0, 0.1) is 17.8 Å². The standard InChI is InChI=1S/C15H27N3O3.ClH/c1-18(9-12(19)17-6-3-7-21-2)15(20)13-10-4-5-11(8-10)14(13)16;/h10-11,13-14H,3-9,16H2,1-2H3,(H,17,19);1H. The molecule has 0 aliphatic heterocycles. The number of methoxy groups -OCH3 is 1. The first-order chi connectivity index (χ1) is 10.0. The number of rotatable bonds is 7. The molecule has 2 amide bonds. The number of carbonyl (C=O) groups excluding carboxylic acids is 2. The Hall–Kier alpha value is -0.850. The van der Waals surface area contributed by atoms with Crippen LogP contribution in [0.4, 0.5) is 0 Å². The normalized spacial score (nSPS) is 29.0. The number of halogens is 1. The second-order valence-corrected chi connectivity index (χ2v) is 6.33. The van der Waals surface area contributed by atoms with Crippen molar-refractivity contribution in [1.29, 1.82) is 0 Å². The molecule has 2 saturated carbocycles. The molecule has 2 rings (SSSR count). The Morgan fingerprint density at radius 1 is 1.32 bits per heavy atom. The molecule has 0 saturated heterocycles. The van der Waals surface area contributed by atoms with Crippen LogP contribution in [0.25, 0.3) is 0 Å². The summed E-state index contributed by atoms with van der Waals surface area (Å²) in [7, 11) is 3.32. The van der Waals surface area contributed by atoms with E-state index in [-0.39, 0.29) is 42.7 Å². The van der Waals surface area contributed by atoms with E-state index in [2.05, 4.69) is 5.32 Å². The molecule has 0 spiro atoms. The summed E-state index contributed by atoms with van der Waals surface area (Å²) in [5.74, 6) is 0.736. The Kier molecular flexibility index (Phi) is 7.59. The Labute approximate surface area is 138 Å². The monoisotopic (exact) mass is 333 g/mol. The maximum Gasteiger partial charge on any atom is 0.239 e. The van der Waals surface area contributed by atoms with Crippen LogP contribution in [0.5, 0.6) is 0 Å². The van der Waals surface area contributed by atoms with E-state index >= 15 is 0 Å². The van der Waals surface area contributed by atoms with Gasteiger partial charge in [-0.05, 0) is 37.5 Å². The minimum absolute atomic E-state index is 0. The molecule has 7 heteroatoms. The van der Waals surface area contributed by atoms with Crippen molar-refractivity contribution in [1.82, 2.24) is 10.2 Å². The van der Waals surface area contributed by atoms with Crippen molar-refractivity contribution in [3.05, 3.63) is 0 Å². The number of hydrogen-bond donors (Lipinski definition) is 2. The number of fused-ring (bicyclic) bond motifs is 2. The predicted octanol–water partition coefficient (Wildman–Crippen LogP) is 0.393. The van der Waals surface area contributed by atoms with Crippen molar-refractivity contribution < 1.29 is 14.3 Å². The summed E-state index contributed by atoms with van der Waals surface area (Å²) in [5.41, 5.74) is 6.19. The molecule has 0 aromatic heterocycles. The average molecular weight is 334 g/mol. The molecule has 2 bridgehead atoms. The zero-order valence-electron chi connectivity index (χ0n) is 13.4. The van der Waals surface area contributed by atoms with Gasteiger partial charge in [-0.15, -0.1) is 12.4 Å². The number of nitrogens with zero attached hydrogens (tertiary/aromatic N) is 1. The fourth-order valence-corrected chi connectivity index (χ4v) is 3.75. The lowest BCUT2D eigenvalue weighted by molar-refractivity contribution is -0.139. The van der Waals surface area contributed by atoms with Gasteiger partial charge in [-0.3, -0.25) is 9.59 Å². The quantitative estimate of drug-likeness (QED) is 0.660. The molecular formula is C15H28ClN3O3. The van der Waals surface area contributed by atoms with E-state index in [0.717, 1.165) is 25.7 Å².